The van der Waals surface area contributed by atoms with Gasteiger partial charge < -0.3 is 9.47 Å². The molecule has 0 spiro atoms. The highest BCUT2D eigenvalue weighted by molar-refractivity contribution is 6.04. The van der Waals surface area contributed by atoms with Crippen molar-refractivity contribution in [2.24, 2.45) is 5.10 Å². The quantitative estimate of drug-likeness (QED) is 0.134. The number of amides is 1. The Morgan fingerprint density at radius 3 is 2.22 bits per heavy atom. The first-order chi connectivity index (χ1) is 18.1. The molecule has 6 nitrogen and oxygen atoms in total. The van der Waals surface area contributed by atoms with Crippen molar-refractivity contribution in [1.82, 2.24) is 5.43 Å². The Morgan fingerprint density at radius 2 is 1.46 bits per heavy atom. The summed E-state index contributed by atoms with van der Waals surface area (Å²) in [5, 5.41) is 8.11. The topological polar surface area (TPSA) is 77.0 Å². The van der Waals surface area contributed by atoms with Crippen LogP contribution in [0, 0.1) is 0 Å². The van der Waals surface area contributed by atoms with Crippen LogP contribution in [-0.4, -0.2) is 25.2 Å². The summed E-state index contributed by atoms with van der Waals surface area (Å²) in [4.78, 5) is 25.5. The first-order valence-corrected chi connectivity index (χ1v) is 11.8. The fraction of sp³-hybridized carbons (Fsp3) is 0.0645. The molecule has 6 heteroatoms. The minimum Gasteiger partial charge on any atom is -0.497 e. The van der Waals surface area contributed by atoms with Gasteiger partial charge in [0.25, 0.3) is 0 Å². The Hall–Kier alpha value is -4.97. The fourth-order valence-electron chi connectivity index (χ4n) is 4.21. The van der Waals surface area contributed by atoms with Crippen LogP contribution in [0.1, 0.15) is 21.5 Å². The number of nitrogens with one attached hydrogen (secondary N) is 1. The van der Waals surface area contributed by atoms with Gasteiger partial charge >= 0.3 is 5.97 Å². The maximum absolute atomic E-state index is 12.8. The number of fused-ring (bicyclic) bond motifs is 2. The van der Waals surface area contributed by atoms with E-state index in [1.165, 1.54) is 6.21 Å². The second kappa shape index (κ2) is 10.7. The molecule has 0 aliphatic heterocycles. The van der Waals surface area contributed by atoms with E-state index in [0.717, 1.165) is 27.1 Å². The molecule has 0 bridgehead atoms. The van der Waals surface area contributed by atoms with Crippen LogP contribution in [0.15, 0.2) is 108 Å². The summed E-state index contributed by atoms with van der Waals surface area (Å²) < 4.78 is 10.9. The molecule has 0 saturated heterocycles. The van der Waals surface area contributed by atoms with Gasteiger partial charge in [0.2, 0.25) is 5.91 Å². The lowest BCUT2D eigenvalue weighted by Crippen LogP contribution is -2.20. The Kier molecular flexibility index (Phi) is 6.90. The molecule has 0 fully saturated rings. The molecule has 0 aliphatic carbocycles. The second-order valence-corrected chi connectivity index (χ2v) is 8.42. The zero-order valence-electron chi connectivity index (χ0n) is 20.2. The summed E-state index contributed by atoms with van der Waals surface area (Å²) in [5.74, 6) is 0.234. The normalized spacial score (nSPS) is 11.1. The van der Waals surface area contributed by atoms with Gasteiger partial charge in [0, 0.05) is 5.56 Å². The molecule has 182 valence electrons. The number of hydrogen-bond donors (Lipinski definition) is 1. The number of nitrogens with zero attached hydrogens (tertiary/aromatic N) is 1. The molecule has 0 atom stereocenters. The predicted molar refractivity (Wildman–Crippen MR) is 145 cm³/mol. The van der Waals surface area contributed by atoms with E-state index in [1.807, 2.05) is 72.8 Å². The molecule has 5 aromatic rings. The summed E-state index contributed by atoms with van der Waals surface area (Å²) >= 11 is 0. The van der Waals surface area contributed by atoms with E-state index in [-0.39, 0.29) is 12.3 Å². The number of methoxy groups -OCH3 is 1. The lowest BCUT2D eigenvalue weighted by Gasteiger charge is -2.11. The summed E-state index contributed by atoms with van der Waals surface area (Å²) in [5.41, 5.74) is 4.51. The van der Waals surface area contributed by atoms with Gasteiger partial charge in [0.1, 0.15) is 11.5 Å². The molecule has 0 unspecified atom stereocenters. The molecule has 5 aromatic carbocycles. The smallest absolute Gasteiger partial charge is 0.343 e. The van der Waals surface area contributed by atoms with Crippen LogP contribution in [0.2, 0.25) is 0 Å². The van der Waals surface area contributed by atoms with Crippen molar-refractivity contribution in [3.8, 4) is 11.5 Å². The van der Waals surface area contributed by atoms with Crippen molar-refractivity contribution in [3.63, 3.8) is 0 Å². The molecule has 0 aliphatic rings. The number of carbonyl (C=O) groups excluding carboxylic acids is 2. The largest absolute Gasteiger partial charge is 0.497 e. The Labute approximate surface area is 214 Å². The van der Waals surface area contributed by atoms with Gasteiger partial charge in [-0.1, -0.05) is 72.8 Å². The van der Waals surface area contributed by atoms with E-state index in [2.05, 4.69) is 10.5 Å². The minimum absolute atomic E-state index is 0.188. The number of rotatable bonds is 7. The lowest BCUT2D eigenvalue weighted by molar-refractivity contribution is -0.120. The average molecular weight is 489 g/mol. The van der Waals surface area contributed by atoms with Gasteiger partial charge in [-0.3, -0.25) is 4.79 Å². The maximum Gasteiger partial charge on any atom is 0.343 e. The molecular formula is C31H24N2O4. The van der Waals surface area contributed by atoms with Crippen LogP contribution in [0.25, 0.3) is 21.5 Å². The molecule has 0 aromatic heterocycles. The number of hydrogen-bond acceptors (Lipinski definition) is 5. The first-order valence-electron chi connectivity index (χ1n) is 11.8. The minimum atomic E-state index is -0.507. The van der Waals surface area contributed by atoms with Crippen LogP contribution in [0.5, 0.6) is 11.5 Å². The monoisotopic (exact) mass is 488 g/mol. The number of carbonyl (C=O) groups is 2. The van der Waals surface area contributed by atoms with Crippen molar-refractivity contribution in [1.29, 1.82) is 0 Å². The molecular weight excluding hydrogens is 464 g/mol. The standard InChI is InChI=1S/C31H24N2O4/c1-36-25-16-13-23(14-17-25)31(35)37-29-18-15-22-8-3-5-12-27(22)28(29)20-32-33-30(34)19-24-10-6-9-21-7-2-4-11-26(21)24/h2-18,20H,19H2,1H3,(H,33,34). The van der Waals surface area contributed by atoms with Crippen LogP contribution in [-0.2, 0) is 11.2 Å². The van der Waals surface area contributed by atoms with E-state index < -0.39 is 5.97 Å². The second-order valence-electron chi connectivity index (χ2n) is 8.42. The Bertz CT molecular complexity index is 1620. The zero-order chi connectivity index (χ0) is 25.6. The molecule has 5 rings (SSSR count). The highest BCUT2D eigenvalue weighted by atomic mass is 16.5. The maximum atomic E-state index is 12.8. The molecule has 1 N–H and O–H groups in total. The Balaban J connectivity index is 1.37. The van der Waals surface area contributed by atoms with Gasteiger partial charge in [-0.2, -0.15) is 5.10 Å². The fourth-order valence-corrected chi connectivity index (χ4v) is 4.21. The third-order valence-electron chi connectivity index (χ3n) is 6.07. The summed E-state index contributed by atoms with van der Waals surface area (Å²) in [6.45, 7) is 0. The van der Waals surface area contributed by atoms with E-state index in [0.29, 0.717) is 22.6 Å². The van der Waals surface area contributed by atoms with Gasteiger partial charge in [-0.15, -0.1) is 0 Å². The van der Waals surface area contributed by atoms with Gasteiger partial charge in [-0.05, 0) is 57.4 Å². The Morgan fingerprint density at radius 1 is 0.784 bits per heavy atom. The third-order valence-corrected chi connectivity index (χ3v) is 6.07. The highest BCUT2D eigenvalue weighted by Gasteiger charge is 2.14. The van der Waals surface area contributed by atoms with Gasteiger partial charge in [-0.25, -0.2) is 10.2 Å². The molecule has 37 heavy (non-hydrogen) atoms. The van der Waals surface area contributed by atoms with Crippen LogP contribution in [0.3, 0.4) is 0 Å². The van der Waals surface area contributed by atoms with Gasteiger partial charge in [0.05, 0.1) is 25.3 Å². The summed E-state index contributed by atoms with van der Waals surface area (Å²) in [7, 11) is 1.56. The van der Waals surface area contributed by atoms with Crippen molar-refractivity contribution in [3.05, 3.63) is 120 Å². The van der Waals surface area contributed by atoms with Crippen molar-refractivity contribution in [2.75, 3.05) is 7.11 Å². The van der Waals surface area contributed by atoms with Crippen LogP contribution < -0.4 is 14.9 Å². The number of hydrazone groups is 1. The summed E-state index contributed by atoms with van der Waals surface area (Å²) in [6, 6.07) is 31.8. The zero-order valence-corrected chi connectivity index (χ0v) is 20.2. The van der Waals surface area contributed by atoms with Crippen molar-refractivity contribution < 1.29 is 19.1 Å². The lowest BCUT2D eigenvalue weighted by atomic mass is 10.0. The summed E-state index contributed by atoms with van der Waals surface area (Å²) in [6.07, 6.45) is 1.70. The third kappa shape index (κ3) is 5.33. The van der Waals surface area contributed by atoms with Crippen molar-refractivity contribution in [2.45, 2.75) is 6.42 Å². The van der Waals surface area contributed by atoms with E-state index in [1.54, 1.807) is 37.4 Å². The average Bonchev–Trinajstić information content (AvgIpc) is 2.94. The first kappa shape index (κ1) is 23.8. The van der Waals surface area contributed by atoms with E-state index in [4.69, 9.17) is 9.47 Å². The highest BCUT2D eigenvalue weighted by Crippen LogP contribution is 2.28. The van der Waals surface area contributed by atoms with Crippen LogP contribution in [0.4, 0.5) is 0 Å². The van der Waals surface area contributed by atoms with E-state index >= 15 is 0 Å². The number of benzene rings is 5. The van der Waals surface area contributed by atoms with Crippen LogP contribution >= 0.6 is 0 Å². The number of ether oxygens (including phenoxy) is 2. The molecule has 1 amide bonds. The van der Waals surface area contributed by atoms with Gasteiger partial charge in [0.15, 0.2) is 0 Å². The predicted octanol–water partition coefficient (Wildman–Crippen LogP) is 5.91. The SMILES string of the molecule is COc1ccc(C(=O)Oc2ccc3ccccc3c2C=NNC(=O)Cc2cccc3ccccc23)cc1. The molecule has 0 saturated carbocycles. The molecule has 0 heterocycles. The van der Waals surface area contributed by atoms with E-state index in [9.17, 15) is 9.59 Å². The molecule has 0 radical (unpaired) electrons. The number of esters is 1. The van der Waals surface area contributed by atoms with Crippen molar-refractivity contribution >= 4 is 39.6 Å².